The van der Waals surface area contributed by atoms with Crippen LogP contribution in [0.4, 0.5) is 0 Å². The second kappa shape index (κ2) is 15.9. The summed E-state index contributed by atoms with van der Waals surface area (Å²) in [5, 5.41) is 0. The summed E-state index contributed by atoms with van der Waals surface area (Å²) in [6, 6.07) is 0. The standard InChI is InChI=1S/2Na.H2O3P2/c;;1-4-3-5-2/h;;4-5H/q2*+1;-2. The molecule has 0 aromatic heterocycles. The van der Waals surface area contributed by atoms with E-state index in [0.717, 1.165) is 0 Å². The Morgan fingerprint density at radius 3 is 1.29 bits per heavy atom. The predicted octanol–water partition coefficient (Wildman–Crippen LogP) is -7.25. The van der Waals surface area contributed by atoms with E-state index in [1.165, 1.54) is 0 Å². The van der Waals surface area contributed by atoms with Gasteiger partial charge in [-0.25, -0.2) is 0 Å². The second-order valence-electron chi connectivity index (χ2n) is 0.269. The summed E-state index contributed by atoms with van der Waals surface area (Å²) in [5.74, 6) is 0. The summed E-state index contributed by atoms with van der Waals surface area (Å²) in [6.45, 7) is 0. The number of rotatable bonds is 2. The summed E-state index contributed by atoms with van der Waals surface area (Å²) in [4.78, 5) is 18.3. The molecule has 0 radical (unpaired) electrons. The maximum absolute atomic E-state index is 9.14. The molecule has 3 nitrogen and oxygen atoms in total. The Morgan fingerprint density at radius 1 is 1.00 bits per heavy atom. The molecule has 32 valence electrons. The fourth-order valence-electron chi connectivity index (χ4n) is 0.0170. The normalized spacial score (nSPS) is 9.43. The summed E-state index contributed by atoms with van der Waals surface area (Å²) in [6.07, 6.45) is 0. The number of hydrogen-bond acceptors (Lipinski definition) is 3. The first-order valence-corrected chi connectivity index (χ1v) is 2.45. The van der Waals surface area contributed by atoms with Crippen molar-refractivity contribution in [3.8, 4) is 0 Å². The molecule has 0 bridgehead atoms. The molecule has 0 aliphatic heterocycles. The maximum atomic E-state index is 9.14. The van der Waals surface area contributed by atoms with Crippen molar-refractivity contribution in [2.45, 2.75) is 0 Å². The van der Waals surface area contributed by atoms with Gasteiger partial charge in [0.1, 0.15) is 0 Å². The molecule has 0 N–H and O–H groups in total. The molecule has 0 aliphatic rings. The van der Waals surface area contributed by atoms with Crippen molar-refractivity contribution in [1.82, 2.24) is 0 Å². The average molecular weight is 158 g/mol. The van der Waals surface area contributed by atoms with E-state index in [1.54, 1.807) is 0 Å². The second-order valence-corrected chi connectivity index (χ2v) is 1.42. The van der Waals surface area contributed by atoms with E-state index in [-0.39, 0.29) is 59.1 Å². The van der Waals surface area contributed by atoms with Crippen molar-refractivity contribution < 1.29 is 73.2 Å². The molecule has 7 heteroatoms. The fourth-order valence-corrected chi connectivity index (χ4v) is 0.153. The van der Waals surface area contributed by atoms with Crippen LogP contribution in [-0.4, -0.2) is 0 Å². The fraction of sp³-hybridized carbons (Fsp3) is 0. The average Bonchev–Trinajstić information content (AvgIpc) is 1.41. The quantitative estimate of drug-likeness (QED) is 0.296. The van der Waals surface area contributed by atoms with Gasteiger partial charge in [-0.1, -0.05) is 18.1 Å². The van der Waals surface area contributed by atoms with Crippen molar-refractivity contribution in [3.63, 3.8) is 0 Å². The van der Waals surface area contributed by atoms with Crippen LogP contribution < -0.4 is 68.9 Å². The zero-order valence-electron chi connectivity index (χ0n) is 4.22. The van der Waals surface area contributed by atoms with E-state index in [9.17, 15) is 0 Å². The zero-order chi connectivity index (χ0) is 4.12. The van der Waals surface area contributed by atoms with E-state index in [1.807, 2.05) is 0 Å². The van der Waals surface area contributed by atoms with Gasteiger partial charge in [0, 0.05) is 0 Å². The first kappa shape index (κ1) is 16.4. The van der Waals surface area contributed by atoms with Crippen LogP contribution in [0.3, 0.4) is 0 Å². The van der Waals surface area contributed by atoms with Gasteiger partial charge < -0.3 is 14.1 Å². The molecule has 0 heterocycles. The largest absolute Gasteiger partial charge is 1.00 e. The van der Waals surface area contributed by atoms with Gasteiger partial charge in [-0.05, 0) is 0 Å². The van der Waals surface area contributed by atoms with Crippen LogP contribution >= 0.6 is 18.1 Å². The monoisotopic (exact) mass is 158 g/mol. The molecule has 0 saturated heterocycles. The van der Waals surface area contributed by atoms with Gasteiger partial charge in [0.15, 0.2) is 0 Å². The first-order valence-electron chi connectivity index (χ1n) is 0.816. The molecule has 0 aromatic rings. The first-order chi connectivity index (χ1) is 2.41. The van der Waals surface area contributed by atoms with Gasteiger partial charge in [0.05, 0.1) is 0 Å². The van der Waals surface area contributed by atoms with Crippen LogP contribution in [0, 0.1) is 0 Å². The number of hydrogen-bond donors (Lipinski definition) is 0. The summed E-state index contributed by atoms with van der Waals surface area (Å²) in [5.41, 5.74) is 0. The van der Waals surface area contributed by atoms with Crippen molar-refractivity contribution in [1.29, 1.82) is 0 Å². The van der Waals surface area contributed by atoms with E-state index in [2.05, 4.69) is 4.31 Å². The zero-order valence-corrected chi connectivity index (χ0v) is 10.2. The Balaban J connectivity index is -0.0000000800. The Labute approximate surface area is 90.1 Å². The van der Waals surface area contributed by atoms with Gasteiger partial charge in [-0.15, -0.1) is 0 Å². The smallest absolute Gasteiger partial charge is 0.810 e. The molecule has 0 amide bonds. The summed E-state index contributed by atoms with van der Waals surface area (Å²) >= 11 is 0. The van der Waals surface area contributed by atoms with Gasteiger partial charge in [0.2, 0.25) is 0 Å². The minimum absolute atomic E-state index is 0. The van der Waals surface area contributed by atoms with Gasteiger partial charge in [-0.3, -0.25) is 0 Å². The van der Waals surface area contributed by atoms with Crippen molar-refractivity contribution in [3.05, 3.63) is 0 Å². The molecule has 0 fully saturated rings. The molecular weight excluding hydrogens is 156 g/mol. The SMILES string of the molecule is [Na+].[Na+].[O-]POP[O-]. The van der Waals surface area contributed by atoms with Crippen molar-refractivity contribution in [2.24, 2.45) is 0 Å². The topological polar surface area (TPSA) is 55.3 Å². The van der Waals surface area contributed by atoms with Crippen molar-refractivity contribution in [2.75, 3.05) is 0 Å². The molecule has 0 saturated carbocycles. The third-order valence-corrected chi connectivity index (χ3v) is 0.750. The van der Waals surface area contributed by atoms with Crippen LogP contribution in [0.15, 0.2) is 0 Å². The van der Waals surface area contributed by atoms with Crippen molar-refractivity contribution >= 4 is 18.1 Å². The molecule has 0 spiro atoms. The van der Waals surface area contributed by atoms with E-state index in [4.69, 9.17) is 9.79 Å². The van der Waals surface area contributed by atoms with Crippen LogP contribution in [0.2, 0.25) is 0 Å². The van der Waals surface area contributed by atoms with Crippen LogP contribution in [0.25, 0.3) is 0 Å². The van der Waals surface area contributed by atoms with Gasteiger partial charge in [0.25, 0.3) is 0 Å². The molecule has 7 heavy (non-hydrogen) atoms. The van der Waals surface area contributed by atoms with Gasteiger partial charge in [-0.2, -0.15) is 0 Å². The Bertz CT molecular complexity index is 18.4. The Morgan fingerprint density at radius 2 is 1.29 bits per heavy atom. The molecular formula is H2Na2O3P2. The Kier molecular flexibility index (Phi) is 37.2. The van der Waals surface area contributed by atoms with E-state index < -0.39 is 18.1 Å². The minimum Gasteiger partial charge on any atom is -0.810 e. The predicted molar refractivity (Wildman–Crippen MR) is 17.7 cm³/mol. The summed E-state index contributed by atoms with van der Waals surface area (Å²) in [7, 11) is -1.78. The van der Waals surface area contributed by atoms with Gasteiger partial charge >= 0.3 is 59.1 Å². The molecule has 2 atom stereocenters. The third-order valence-electron chi connectivity index (χ3n) is 0.0833. The van der Waals surface area contributed by atoms with Crippen LogP contribution in [0.5, 0.6) is 0 Å². The maximum Gasteiger partial charge on any atom is 1.00 e. The molecule has 2 unspecified atom stereocenters. The van der Waals surface area contributed by atoms with Crippen LogP contribution in [-0.2, 0) is 4.31 Å². The molecule has 0 rings (SSSR count). The minimum atomic E-state index is -0.892. The van der Waals surface area contributed by atoms with E-state index in [0.29, 0.717) is 0 Å². The van der Waals surface area contributed by atoms with Crippen LogP contribution in [0.1, 0.15) is 0 Å². The summed E-state index contributed by atoms with van der Waals surface area (Å²) < 4.78 is 3.78. The molecule has 0 aliphatic carbocycles. The van der Waals surface area contributed by atoms with E-state index >= 15 is 0 Å². The molecule has 0 aromatic carbocycles. The Hall–Kier alpha value is 2.74. The third kappa shape index (κ3) is 17.7.